The Hall–Kier alpha value is -1.25. The van der Waals surface area contributed by atoms with E-state index in [9.17, 15) is 0 Å². The van der Waals surface area contributed by atoms with E-state index in [0.29, 0.717) is 5.13 Å². The minimum absolute atomic E-state index is 0.576. The number of rotatable bonds is 1. The van der Waals surface area contributed by atoms with Gasteiger partial charge in [0.15, 0.2) is 5.13 Å². The molecule has 0 saturated carbocycles. The number of thiazole rings is 1. The zero-order valence-corrected chi connectivity index (χ0v) is 10.00. The maximum absolute atomic E-state index is 8.72. The molecule has 3 nitrogen and oxygen atoms in total. The highest BCUT2D eigenvalue weighted by atomic mass is 32.2. The monoisotopic (exact) mass is 235 g/mol. The van der Waals surface area contributed by atoms with Crippen LogP contribution in [-0.2, 0) is 0 Å². The van der Waals surface area contributed by atoms with Gasteiger partial charge in [0.05, 0.1) is 10.2 Å². The number of hydrogen-bond acceptors (Lipinski definition) is 5. The molecule has 0 aliphatic carbocycles. The van der Waals surface area contributed by atoms with Crippen molar-refractivity contribution < 1.29 is 0 Å². The number of nitriles is 1. The number of aromatic nitrogens is 1. The van der Waals surface area contributed by atoms with Crippen molar-refractivity contribution in [2.24, 2.45) is 0 Å². The van der Waals surface area contributed by atoms with E-state index in [0.717, 1.165) is 26.2 Å². The van der Waals surface area contributed by atoms with E-state index in [1.807, 2.05) is 19.9 Å². The van der Waals surface area contributed by atoms with Gasteiger partial charge in [0.1, 0.15) is 5.40 Å². The summed E-state index contributed by atoms with van der Waals surface area (Å²) in [6.45, 7) is 3.99. The van der Waals surface area contributed by atoms with E-state index in [1.54, 1.807) is 0 Å². The molecule has 1 heterocycles. The van der Waals surface area contributed by atoms with Crippen LogP contribution in [0.5, 0.6) is 0 Å². The van der Waals surface area contributed by atoms with E-state index >= 15 is 0 Å². The molecular formula is C10H9N3S2. The van der Waals surface area contributed by atoms with Gasteiger partial charge in [0.25, 0.3) is 0 Å². The van der Waals surface area contributed by atoms with Gasteiger partial charge in [0, 0.05) is 4.90 Å². The highest BCUT2D eigenvalue weighted by molar-refractivity contribution is 8.03. The lowest BCUT2D eigenvalue weighted by Crippen LogP contribution is -1.85. The molecule has 2 N–H and O–H groups in total. The normalized spacial score (nSPS) is 10.5. The van der Waals surface area contributed by atoms with Crippen LogP contribution in [0.15, 0.2) is 11.0 Å². The van der Waals surface area contributed by atoms with Crippen LogP contribution < -0.4 is 5.73 Å². The lowest BCUT2D eigenvalue weighted by molar-refractivity contribution is 1.25. The predicted molar refractivity (Wildman–Crippen MR) is 65.0 cm³/mol. The van der Waals surface area contributed by atoms with E-state index in [1.165, 1.54) is 23.1 Å². The van der Waals surface area contributed by atoms with Crippen molar-refractivity contribution >= 4 is 38.4 Å². The standard InChI is InChI=1S/C10H9N3S2/c1-5-3-7-9(15-10(12)13-7)6(2)8(5)14-4-11/h3H,1-2H3,(H2,12,13). The van der Waals surface area contributed by atoms with Crippen molar-refractivity contribution in [3.05, 3.63) is 17.2 Å². The summed E-state index contributed by atoms with van der Waals surface area (Å²) in [5, 5.41) is 11.4. The summed E-state index contributed by atoms with van der Waals surface area (Å²) in [6, 6.07) is 1.98. The lowest BCUT2D eigenvalue weighted by Gasteiger charge is -2.05. The maximum atomic E-state index is 8.72. The van der Waals surface area contributed by atoms with Crippen LogP contribution in [-0.4, -0.2) is 4.98 Å². The number of anilines is 1. The average Bonchev–Trinajstić information content (AvgIpc) is 2.53. The van der Waals surface area contributed by atoms with E-state index < -0.39 is 0 Å². The van der Waals surface area contributed by atoms with Crippen LogP contribution in [0, 0.1) is 24.5 Å². The Morgan fingerprint density at radius 2 is 2.27 bits per heavy atom. The molecule has 0 amide bonds. The number of nitrogens with two attached hydrogens (primary N) is 1. The van der Waals surface area contributed by atoms with Gasteiger partial charge in [-0.3, -0.25) is 0 Å². The summed E-state index contributed by atoms with van der Waals surface area (Å²) in [7, 11) is 0. The molecule has 15 heavy (non-hydrogen) atoms. The molecule has 76 valence electrons. The van der Waals surface area contributed by atoms with Gasteiger partial charge in [-0.25, -0.2) is 4.98 Å². The molecule has 0 spiro atoms. The number of fused-ring (bicyclic) bond motifs is 1. The van der Waals surface area contributed by atoms with Gasteiger partial charge in [-0.05, 0) is 42.8 Å². The van der Waals surface area contributed by atoms with Gasteiger partial charge < -0.3 is 5.73 Å². The topological polar surface area (TPSA) is 62.7 Å². The van der Waals surface area contributed by atoms with Crippen LogP contribution >= 0.6 is 23.1 Å². The second kappa shape index (κ2) is 3.72. The Kier molecular flexibility index (Phi) is 2.55. The Morgan fingerprint density at radius 1 is 1.53 bits per heavy atom. The minimum Gasteiger partial charge on any atom is -0.375 e. The van der Waals surface area contributed by atoms with Crippen LogP contribution in [0.3, 0.4) is 0 Å². The van der Waals surface area contributed by atoms with Gasteiger partial charge in [-0.15, -0.1) is 0 Å². The van der Waals surface area contributed by atoms with Crippen LogP contribution in [0.2, 0.25) is 0 Å². The van der Waals surface area contributed by atoms with Crippen LogP contribution in [0.1, 0.15) is 11.1 Å². The molecule has 0 radical (unpaired) electrons. The Labute approximate surface area is 95.9 Å². The first-order valence-corrected chi connectivity index (χ1v) is 5.99. The second-order valence-corrected chi connectivity index (χ2v) is 5.07. The zero-order valence-electron chi connectivity index (χ0n) is 8.37. The Balaban J connectivity index is 2.78. The third kappa shape index (κ3) is 1.66. The molecule has 0 bridgehead atoms. The number of hydrogen-bond donors (Lipinski definition) is 1. The van der Waals surface area contributed by atoms with Gasteiger partial charge in [0.2, 0.25) is 0 Å². The number of thioether (sulfide) groups is 1. The Morgan fingerprint density at radius 3 is 2.93 bits per heavy atom. The fourth-order valence-electron chi connectivity index (χ4n) is 1.59. The SMILES string of the molecule is Cc1cc2nc(N)sc2c(C)c1SC#N. The first kappa shape index (κ1) is 10.3. The fourth-order valence-corrected chi connectivity index (χ4v) is 3.04. The molecule has 0 unspecified atom stereocenters. The van der Waals surface area contributed by atoms with Crippen molar-refractivity contribution in [1.29, 1.82) is 5.26 Å². The first-order valence-electron chi connectivity index (χ1n) is 4.35. The molecule has 1 aromatic carbocycles. The third-order valence-electron chi connectivity index (χ3n) is 2.21. The van der Waals surface area contributed by atoms with Crippen molar-refractivity contribution in [3.63, 3.8) is 0 Å². The lowest BCUT2D eigenvalue weighted by atomic mass is 10.1. The predicted octanol–water partition coefficient (Wildman–Crippen LogP) is 3.07. The minimum atomic E-state index is 0.576. The molecule has 0 saturated heterocycles. The Bertz CT molecular complexity index is 566. The molecule has 2 aromatic rings. The molecule has 5 heteroatoms. The summed E-state index contributed by atoms with van der Waals surface area (Å²) in [6.07, 6.45) is 0. The fraction of sp³-hybridized carbons (Fsp3) is 0.200. The van der Waals surface area contributed by atoms with Crippen LogP contribution in [0.4, 0.5) is 5.13 Å². The van der Waals surface area contributed by atoms with Crippen molar-refractivity contribution in [3.8, 4) is 5.40 Å². The summed E-state index contributed by atoms with van der Waals surface area (Å²) < 4.78 is 1.08. The first-order chi connectivity index (χ1) is 7.13. The molecule has 2 rings (SSSR count). The maximum Gasteiger partial charge on any atom is 0.181 e. The molecule has 1 aromatic heterocycles. The second-order valence-electron chi connectivity index (χ2n) is 3.24. The van der Waals surface area contributed by atoms with Gasteiger partial charge in [-0.1, -0.05) is 11.3 Å². The quantitative estimate of drug-likeness (QED) is 0.609. The molecule has 0 aliphatic heterocycles. The molecule has 0 fully saturated rings. The number of benzene rings is 1. The number of aryl methyl sites for hydroxylation is 2. The van der Waals surface area contributed by atoms with Crippen molar-refractivity contribution in [2.75, 3.05) is 5.73 Å². The highest BCUT2D eigenvalue weighted by Crippen LogP contribution is 2.35. The third-order valence-corrected chi connectivity index (χ3v) is 4.15. The largest absolute Gasteiger partial charge is 0.375 e. The average molecular weight is 235 g/mol. The smallest absolute Gasteiger partial charge is 0.181 e. The number of nitrogen functional groups attached to an aromatic ring is 1. The van der Waals surface area contributed by atoms with Gasteiger partial charge >= 0.3 is 0 Å². The van der Waals surface area contributed by atoms with Crippen molar-refractivity contribution in [2.45, 2.75) is 18.7 Å². The van der Waals surface area contributed by atoms with E-state index in [-0.39, 0.29) is 0 Å². The van der Waals surface area contributed by atoms with Crippen LogP contribution in [0.25, 0.3) is 10.2 Å². The van der Waals surface area contributed by atoms with Gasteiger partial charge in [-0.2, -0.15) is 5.26 Å². The summed E-state index contributed by atoms with van der Waals surface area (Å²) in [5.74, 6) is 0. The molecule has 0 atom stereocenters. The highest BCUT2D eigenvalue weighted by Gasteiger charge is 2.11. The molecule has 0 aliphatic rings. The summed E-state index contributed by atoms with van der Waals surface area (Å²) in [4.78, 5) is 5.26. The molecular weight excluding hydrogens is 226 g/mol. The summed E-state index contributed by atoms with van der Waals surface area (Å²) >= 11 is 2.67. The number of thiocyanates is 1. The van der Waals surface area contributed by atoms with Crippen molar-refractivity contribution in [1.82, 2.24) is 4.98 Å². The van der Waals surface area contributed by atoms with E-state index in [2.05, 4.69) is 10.4 Å². The zero-order chi connectivity index (χ0) is 11.0. The van der Waals surface area contributed by atoms with E-state index in [4.69, 9.17) is 11.0 Å². The number of nitrogens with zero attached hydrogens (tertiary/aromatic N) is 2. The summed E-state index contributed by atoms with van der Waals surface area (Å²) in [5.41, 5.74) is 8.78.